The second-order valence-electron chi connectivity index (χ2n) is 6.68. The van der Waals surface area contributed by atoms with Crippen molar-refractivity contribution in [2.45, 2.75) is 19.6 Å². The summed E-state index contributed by atoms with van der Waals surface area (Å²) >= 11 is 0. The van der Waals surface area contributed by atoms with Crippen LogP contribution in [0, 0.1) is 23.8 Å². The van der Waals surface area contributed by atoms with Gasteiger partial charge < -0.3 is 4.74 Å². The lowest BCUT2D eigenvalue weighted by Gasteiger charge is -2.16. The third-order valence-corrected chi connectivity index (χ3v) is 4.31. The lowest BCUT2D eigenvalue weighted by atomic mass is 10.0. The van der Waals surface area contributed by atoms with Gasteiger partial charge in [0.25, 0.3) is 11.5 Å². The van der Waals surface area contributed by atoms with Crippen molar-refractivity contribution < 1.29 is 27.5 Å². The minimum atomic E-state index is -5.06. The van der Waals surface area contributed by atoms with Crippen molar-refractivity contribution in [2.24, 2.45) is 16.1 Å². The first-order chi connectivity index (χ1) is 15.5. The highest BCUT2D eigenvalue weighted by Gasteiger charge is 2.39. The number of nitrogens with zero attached hydrogens (tertiary/aromatic N) is 6. The van der Waals surface area contributed by atoms with Gasteiger partial charge in [0.1, 0.15) is 17.5 Å². The minimum Gasteiger partial charge on any atom is -0.451 e. The first-order valence-electron chi connectivity index (χ1n) is 8.97. The van der Waals surface area contributed by atoms with E-state index in [1.165, 1.54) is 6.07 Å². The molecule has 1 aromatic carbocycles. The Labute approximate surface area is 183 Å². The molecule has 10 nitrogen and oxygen atoms in total. The van der Waals surface area contributed by atoms with Gasteiger partial charge in [-0.1, -0.05) is 0 Å². The monoisotopic (exact) mass is 456 g/mol. The van der Waals surface area contributed by atoms with E-state index in [0.717, 1.165) is 29.7 Å². The predicted molar refractivity (Wildman–Crippen MR) is 103 cm³/mol. The van der Waals surface area contributed by atoms with Crippen molar-refractivity contribution in [3.63, 3.8) is 0 Å². The van der Waals surface area contributed by atoms with Crippen LogP contribution in [-0.4, -0.2) is 21.2 Å². The topological polar surface area (TPSA) is 131 Å². The van der Waals surface area contributed by atoms with E-state index in [-0.39, 0.29) is 22.7 Å². The minimum absolute atomic E-state index is 0.0221. The molecule has 0 N–H and O–H groups in total. The number of hydrogen-bond donors (Lipinski definition) is 0. The van der Waals surface area contributed by atoms with E-state index >= 15 is 0 Å². The lowest BCUT2D eigenvalue weighted by molar-refractivity contribution is -0.142. The van der Waals surface area contributed by atoms with Crippen LogP contribution in [0.1, 0.15) is 18.2 Å². The van der Waals surface area contributed by atoms with Crippen LogP contribution in [0.4, 0.5) is 18.9 Å². The second-order valence-corrected chi connectivity index (χ2v) is 6.68. The van der Waals surface area contributed by atoms with Gasteiger partial charge in [-0.2, -0.15) is 23.5 Å². The summed E-state index contributed by atoms with van der Waals surface area (Å²) in [5.74, 6) is -4.08. The molecule has 1 atom stereocenters. The number of alkyl halides is 3. The zero-order valence-corrected chi connectivity index (χ0v) is 16.6. The first kappa shape index (κ1) is 23.0. The Hall–Kier alpha value is -4.65. The van der Waals surface area contributed by atoms with Crippen molar-refractivity contribution in [2.75, 3.05) is 0 Å². The molecule has 1 aliphatic heterocycles. The zero-order valence-electron chi connectivity index (χ0n) is 16.6. The van der Waals surface area contributed by atoms with Crippen LogP contribution in [0.5, 0.6) is 11.5 Å². The molecule has 0 bridgehead atoms. The van der Waals surface area contributed by atoms with E-state index in [0.29, 0.717) is 6.33 Å². The number of hydrogen-bond acceptors (Lipinski definition) is 7. The van der Waals surface area contributed by atoms with Crippen molar-refractivity contribution in [1.29, 1.82) is 5.26 Å². The van der Waals surface area contributed by atoms with Crippen LogP contribution in [0.2, 0.25) is 0 Å². The van der Waals surface area contributed by atoms with Gasteiger partial charge in [0.2, 0.25) is 5.75 Å². The maximum atomic E-state index is 13.5. The Morgan fingerprint density at radius 1 is 1.30 bits per heavy atom. The number of azo groups is 1. The number of Topliss-reactive ketones (excluding diaryl/α,β-unsaturated/α-hetero) is 1. The van der Waals surface area contributed by atoms with Crippen LogP contribution in [0.15, 0.2) is 51.3 Å². The van der Waals surface area contributed by atoms with E-state index in [1.807, 2.05) is 0 Å². The highest BCUT2D eigenvalue weighted by molar-refractivity contribution is 6.02. The van der Waals surface area contributed by atoms with Gasteiger partial charge in [-0.3, -0.25) is 19.0 Å². The molecule has 2 aromatic rings. The molecule has 13 heteroatoms. The van der Waals surface area contributed by atoms with E-state index in [4.69, 9.17) is 16.6 Å². The number of ketones is 1. The van der Waals surface area contributed by atoms with E-state index in [2.05, 4.69) is 20.1 Å². The van der Waals surface area contributed by atoms with Crippen molar-refractivity contribution in [1.82, 2.24) is 9.55 Å². The first-order valence-corrected chi connectivity index (χ1v) is 8.97. The summed E-state index contributed by atoms with van der Waals surface area (Å²) in [6, 6.07) is 5.06. The number of carbonyl (C=O) groups excluding carboxylic acids is 2. The fourth-order valence-electron chi connectivity index (χ4n) is 2.79. The van der Waals surface area contributed by atoms with E-state index in [1.54, 1.807) is 6.07 Å². The smallest absolute Gasteiger partial charge is 0.437 e. The van der Waals surface area contributed by atoms with Crippen LogP contribution in [0.3, 0.4) is 0 Å². The fourth-order valence-corrected chi connectivity index (χ4v) is 2.79. The number of ether oxygens (including phenoxy) is 1. The Kier molecular flexibility index (Phi) is 6.17. The van der Waals surface area contributed by atoms with Gasteiger partial charge in [0, 0.05) is 5.56 Å². The highest BCUT2D eigenvalue weighted by atomic mass is 19.4. The zero-order chi connectivity index (χ0) is 24.3. The van der Waals surface area contributed by atoms with Crippen LogP contribution >= 0.6 is 0 Å². The molecular weight excluding hydrogens is 445 g/mol. The number of carbonyl (C=O) groups is 2. The van der Waals surface area contributed by atoms with Crippen LogP contribution in [-0.2, 0) is 22.3 Å². The molecule has 3 rings (SSSR count). The molecule has 0 aliphatic carbocycles. The number of benzene rings is 1. The Morgan fingerprint density at radius 2 is 2.03 bits per heavy atom. The average Bonchev–Trinajstić information content (AvgIpc) is 2.76. The molecule has 1 aromatic heterocycles. The van der Waals surface area contributed by atoms with Gasteiger partial charge in [0.15, 0.2) is 11.4 Å². The van der Waals surface area contributed by atoms with Crippen molar-refractivity contribution in [3.8, 4) is 17.6 Å². The molecule has 1 unspecified atom stereocenters. The van der Waals surface area contributed by atoms with Gasteiger partial charge >= 0.3 is 6.18 Å². The molecule has 1 amide bonds. The van der Waals surface area contributed by atoms with Crippen molar-refractivity contribution >= 4 is 17.4 Å². The number of halogens is 3. The normalized spacial score (nSPS) is 15.4. The fraction of sp³-hybridized carbons (Fsp3) is 0.200. The Morgan fingerprint density at radius 3 is 2.64 bits per heavy atom. The lowest BCUT2D eigenvalue weighted by Crippen LogP contribution is -2.28. The Balaban J connectivity index is 2.07. The molecule has 0 saturated heterocycles. The highest BCUT2D eigenvalue weighted by Crippen LogP contribution is 2.35. The van der Waals surface area contributed by atoms with E-state index in [9.17, 15) is 27.6 Å². The molecular formula is C20H11F3N6O4. The average molecular weight is 456 g/mol. The summed E-state index contributed by atoms with van der Waals surface area (Å²) in [6.07, 6.45) is -3.29. The predicted octanol–water partition coefficient (Wildman–Crippen LogP) is 3.56. The van der Waals surface area contributed by atoms with Gasteiger partial charge in [-0.15, -0.1) is 5.11 Å². The molecule has 2 heterocycles. The van der Waals surface area contributed by atoms with E-state index < -0.39 is 47.3 Å². The Bertz CT molecular complexity index is 1330. The molecule has 0 saturated carbocycles. The third-order valence-electron chi connectivity index (χ3n) is 4.31. The maximum absolute atomic E-state index is 13.5. The number of amides is 1. The summed E-state index contributed by atoms with van der Waals surface area (Å²) in [4.78, 5) is 42.4. The largest absolute Gasteiger partial charge is 0.451 e. The standard InChI is InChI=1S/C20H11F3N6O4/c1-10(30)15-6-13(27-28-18(15)31)8-29-9-26-17(20(21,22)23)16(19(29)32)33-14-4-11(7-24)3-12(5-14)25-2/h3-6,9,15H,8H2,1H3. The molecule has 33 heavy (non-hydrogen) atoms. The summed E-state index contributed by atoms with van der Waals surface area (Å²) in [6.45, 7) is 7.74. The quantitative estimate of drug-likeness (QED) is 0.499. The van der Waals surface area contributed by atoms with Crippen LogP contribution in [0.25, 0.3) is 4.85 Å². The molecule has 0 spiro atoms. The number of aromatic nitrogens is 2. The summed E-state index contributed by atoms with van der Waals surface area (Å²) in [7, 11) is 0. The molecule has 0 radical (unpaired) electrons. The van der Waals surface area contributed by atoms with Gasteiger partial charge in [0.05, 0.1) is 31.2 Å². The third kappa shape index (κ3) is 4.99. The molecule has 0 fully saturated rings. The molecule has 1 aliphatic rings. The van der Waals surface area contributed by atoms with Gasteiger partial charge in [-0.05, 0) is 31.2 Å². The summed E-state index contributed by atoms with van der Waals surface area (Å²) < 4.78 is 46.3. The summed E-state index contributed by atoms with van der Waals surface area (Å²) in [5.41, 5.74) is -3.05. The number of allylic oxidation sites excluding steroid dienone is 1. The SMILES string of the molecule is [C-]#[N+]c1cc(C#N)cc(Oc2c(C(F)(F)F)ncn(CC3=CC(C(C)=O)C(=O)N=N3)c2=O)c1. The molecule has 166 valence electrons. The van der Waals surface area contributed by atoms with Crippen molar-refractivity contribution in [3.05, 3.63) is 69.3 Å². The number of nitriles is 1. The van der Waals surface area contributed by atoms with Gasteiger partial charge in [-0.25, -0.2) is 9.83 Å². The second kappa shape index (κ2) is 8.84. The number of rotatable bonds is 5. The summed E-state index contributed by atoms with van der Waals surface area (Å²) in [5, 5.41) is 15.9. The maximum Gasteiger partial charge on any atom is 0.437 e. The van der Waals surface area contributed by atoms with Crippen LogP contribution < -0.4 is 10.3 Å².